The topological polar surface area (TPSA) is 150 Å². The number of aromatic nitrogens is 3. The van der Waals surface area contributed by atoms with Gasteiger partial charge in [-0.15, -0.1) is 0 Å². The lowest BCUT2D eigenvalue weighted by Crippen LogP contribution is -2.57. The second-order valence-electron chi connectivity index (χ2n) is 13.9. The number of phenolic OH excluding ortho intramolecular Hbond substituents is 1. The number of likely N-dealkylation sites (N-methyl/N-ethyl adjacent to an activating group) is 1. The van der Waals surface area contributed by atoms with Crippen molar-refractivity contribution in [3.63, 3.8) is 0 Å². The number of carbonyl (C=O) groups is 3. The summed E-state index contributed by atoms with van der Waals surface area (Å²) >= 11 is 0. The number of aromatic amines is 1. The number of halogens is 1. The summed E-state index contributed by atoms with van der Waals surface area (Å²) in [5, 5.41) is 22.9. The standard InChI is InChI=1S/C34H47FN6O5/c1-20(2)28(41(9)31(44)26(39-32(45)46-34(6,7)8)17-21-10-13-23(35)14-11-21)30(43)38-25(29-36-19-37-40-29)18-22-12-15-27(42)24(16-22)33(3,4)5/h10-16,19-20,25-26,28,42H,17-18H2,1-9H3,(H,38,43)(H,39,45)(H,36,37,40). The first-order chi connectivity index (χ1) is 21.4. The predicted octanol–water partition coefficient (Wildman–Crippen LogP) is 4.97. The third-order valence-corrected chi connectivity index (χ3v) is 7.40. The molecule has 250 valence electrons. The highest BCUT2D eigenvalue weighted by Crippen LogP contribution is 2.32. The van der Waals surface area contributed by atoms with Gasteiger partial charge in [0, 0.05) is 13.5 Å². The van der Waals surface area contributed by atoms with E-state index in [1.165, 1.54) is 42.5 Å². The van der Waals surface area contributed by atoms with Crippen LogP contribution in [0.3, 0.4) is 0 Å². The Labute approximate surface area is 270 Å². The van der Waals surface area contributed by atoms with Gasteiger partial charge >= 0.3 is 6.09 Å². The van der Waals surface area contributed by atoms with E-state index in [2.05, 4.69) is 25.8 Å². The number of aromatic hydroxyl groups is 1. The van der Waals surface area contributed by atoms with E-state index in [0.29, 0.717) is 17.8 Å². The average Bonchev–Trinajstić information content (AvgIpc) is 3.47. The minimum atomic E-state index is -1.10. The van der Waals surface area contributed by atoms with E-state index in [1.807, 2.05) is 40.7 Å². The molecule has 0 aliphatic heterocycles. The molecule has 0 aliphatic carbocycles. The van der Waals surface area contributed by atoms with Crippen LogP contribution in [-0.4, -0.2) is 67.8 Å². The Hall–Kier alpha value is -4.48. The fourth-order valence-electron chi connectivity index (χ4n) is 5.22. The summed E-state index contributed by atoms with van der Waals surface area (Å²) in [4.78, 5) is 46.3. The molecule has 12 heteroatoms. The summed E-state index contributed by atoms with van der Waals surface area (Å²) in [6.45, 7) is 14.8. The van der Waals surface area contributed by atoms with Gasteiger partial charge in [0.15, 0.2) is 0 Å². The summed E-state index contributed by atoms with van der Waals surface area (Å²) in [5.41, 5.74) is 1.12. The summed E-state index contributed by atoms with van der Waals surface area (Å²) in [5.74, 6) is -1.08. The van der Waals surface area contributed by atoms with Gasteiger partial charge in [-0.25, -0.2) is 14.2 Å². The van der Waals surface area contributed by atoms with Crippen molar-refractivity contribution in [1.29, 1.82) is 0 Å². The van der Waals surface area contributed by atoms with E-state index in [4.69, 9.17) is 4.74 Å². The van der Waals surface area contributed by atoms with E-state index >= 15 is 0 Å². The lowest BCUT2D eigenvalue weighted by molar-refractivity contribution is -0.142. The number of hydrogen-bond acceptors (Lipinski definition) is 7. The van der Waals surface area contributed by atoms with Gasteiger partial charge in [-0.2, -0.15) is 5.10 Å². The molecule has 1 heterocycles. The Bertz CT molecular complexity index is 1480. The van der Waals surface area contributed by atoms with Crippen LogP contribution in [0.2, 0.25) is 0 Å². The highest BCUT2D eigenvalue weighted by atomic mass is 19.1. The smallest absolute Gasteiger partial charge is 0.408 e. The van der Waals surface area contributed by atoms with Crippen LogP contribution in [0.4, 0.5) is 9.18 Å². The molecule has 0 aliphatic rings. The Morgan fingerprint density at radius 3 is 2.15 bits per heavy atom. The molecule has 3 aromatic rings. The van der Waals surface area contributed by atoms with Crippen molar-refractivity contribution < 1.29 is 28.6 Å². The van der Waals surface area contributed by atoms with Crippen molar-refractivity contribution in [2.24, 2.45) is 5.92 Å². The average molecular weight is 639 g/mol. The van der Waals surface area contributed by atoms with Gasteiger partial charge in [0.1, 0.15) is 41.4 Å². The van der Waals surface area contributed by atoms with Crippen LogP contribution in [0, 0.1) is 11.7 Å². The number of carbonyl (C=O) groups excluding carboxylic acids is 3. The van der Waals surface area contributed by atoms with Gasteiger partial charge in [-0.05, 0) is 73.4 Å². The van der Waals surface area contributed by atoms with Crippen LogP contribution in [0.1, 0.15) is 83.9 Å². The molecule has 3 unspecified atom stereocenters. The number of rotatable bonds is 11. The molecule has 3 amide bonds. The summed E-state index contributed by atoms with van der Waals surface area (Å²) in [7, 11) is 1.51. The number of nitrogens with one attached hydrogen (secondary N) is 3. The quantitative estimate of drug-likeness (QED) is 0.232. The summed E-state index contributed by atoms with van der Waals surface area (Å²) < 4.78 is 19.0. The molecular weight excluding hydrogens is 591 g/mol. The van der Waals surface area contributed by atoms with Gasteiger partial charge < -0.3 is 25.4 Å². The number of H-pyrrole nitrogens is 1. The SMILES string of the molecule is CC(C)C(C(=O)NC(Cc1ccc(O)c(C(C)(C)C)c1)c1ncn[nH]1)N(C)C(=O)C(Cc1ccc(F)cc1)NC(=O)OC(C)(C)C. The highest BCUT2D eigenvalue weighted by molar-refractivity contribution is 5.91. The normalized spacial score (nSPS) is 13.9. The maximum atomic E-state index is 14.0. The van der Waals surface area contributed by atoms with Crippen molar-refractivity contribution in [3.8, 4) is 5.75 Å². The first-order valence-electron chi connectivity index (χ1n) is 15.3. The molecule has 0 bridgehead atoms. The summed E-state index contributed by atoms with van der Waals surface area (Å²) in [6, 6.07) is 8.30. The van der Waals surface area contributed by atoms with Crippen molar-refractivity contribution >= 4 is 17.9 Å². The molecule has 0 fully saturated rings. The first kappa shape index (κ1) is 36.0. The van der Waals surface area contributed by atoms with Crippen LogP contribution < -0.4 is 10.6 Å². The number of benzene rings is 2. The zero-order valence-electron chi connectivity index (χ0n) is 28.1. The van der Waals surface area contributed by atoms with Crippen molar-refractivity contribution in [2.45, 2.75) is 97.4 Å². The zero-order valence-corrected chi connectivity index (χ0v) is 28.1. The number of phenols is 1. The first-order valence-corrected chi connectivity index (χ1v) is 15.3. The number of alkyl carbamates (subject to hydrolysis) is 1. The third kappa shape index (κ3) is 10.0. The van der Waals surface area contributed by atoms with Crippen LogP contribution in [0.25, 0.3) is 0 Å². The van der Waals surface area contributed by atoms with Crippen LogP contribution >= 0.6 is 0 Å². The molecule has 0 spiro atoms. The number of nitrogens with zero attached hydrogens (tertiary/aromatic N) is 3. The van der Waals surface area contributed by atoms with Gasteiger partial charge in [0.2, 0.25) is 11.8 Å². The molecule has 0 saturated heterocycles. The van der Waals surface area contributed by atoms with Crippen molar-refractivity contribution in [1.82, 2.24) is 30.7 Å². The van der Waals surface area contributed by atoms with E-state index in [1.54, 1.807) is 32.9 Å². The zero-order chi connectivity index (χ0) is 34.4. The molecule has 1 aromatic heterocycles. The fourth-order valence-corrected chi connectivity index (χ4v) is 5.22. The molecule has 0 radical (unpaired) electrons. The highest BCUT2D eigenvalue weighted by Gasteiger charge is 2.36. The molecule has 46 heavy (non-hydrogen) atoms. The molecule has 2 aromatic carbocycles. The minimum absolute atomic E-state index is 0.0484. The molecule has 11 nitrogen and oxygen atoms in total. The lowest BCUT2D eigenvalue weighted by Gasteiger charge is -2.34. The van der Waals surface area contributed by atoms with E-state index in [-0.39, 0.29) is 23.5 Å². The van der Waals surface area contributed by atoms with Crippen LogP contribution in [0.5, 0.6) is 5.75 Å². The fraction of sp³-hybridized carbons (Fsp3) is 0.500. The van der Waals surface area contributed by atoms with Crippen molar-refractivity contribution in [2.75, 3.05) is 7.05 Å². The molecule has 3 atom stereocenters. The lowest BCUT2D eigenvalue weighted by atomic mass is 9.84. The number of amides is 3. The van der Waals surface area contributed by atoms with E-state index < -0.39 is 47.5 Å². The monoisotopic (exact) mass is 638 g/mol. The van der Waals surface area contributed by atoms with E-state index in [9.17, 15) is 23.9 Å². The molecule has 3 rings (SSSR count). The molecular formula is C34H47FN6O5. The predicted molar refractivity (Wildman–Crippen MR) is 172 cm³/mol. The van der Waals surface area contributed by atoms with E-state index in [0.717, 1.165) is 11.1 Å². The van der Waals surface area contributed by atoms with Crippen LogP contribution in [0.15, 0.2) is 48.8 Å². The second-order valence-corrected chi connectivity index (χ2v) is 13.9. The Kier molecular flexibility index (Phi) is 11.5. The maximum Gasteiger partial charge on any atom is 0.408 e. The van der Waals surface area contributed by atoms with Gasteiger partial charge in [-0.3, -0.25) is 14.7 Å². The Balaban J connectivity index is 1.88. The maximum absolute atomic E-state index is 14.0. The number of hydrogen-bond donors (Lipinski definition) is 4. The van der Waals surface area contributed by atoms with Crippen LogP contribution in [-0.2, 0) is 32.6 Å². The van der Waals surface area contributed by atoms with Crippen molar-refractivity contribution in [3.05, 3.63) is 77.1 Å². The van der Waals surface area contributed by atoms with Gasteiger partial charge in [0.25, 0.3) is 0 Å². The summed E-state index contributed by atoms with van der Waals surface area (Å²) in [6.07, 6.45) is 0.942. The van der Waals surface area contributed by atoms with Gasteiger partial charge in [0.05, 0.1) is 6.04 Å². The third-order valence-electron chi connectivity index (χ3n) is 7.40. The van der Waals surface area contributed by atoms with Gasteiger partial charge in [-0.1, -0.05) is 58.9 Å². The second kappa shape index (κ2) is 14.7. The largest absolute Gasteiger partial charge is 0.508 e. The minimum Gasteiger partial charge on any atom is -0.508 e. The molecule has 4 N–H and O–H groups in total. The molecule has 0 saturated carbocycles. The Morgan fingerprint density at radius 1 is 0.978 bits per heavy atom. The Morgan fingerprint density at radius 2 is 1.61 bits per heavy atom. The number of ether oxygens (including phenoxy) is 1.